The number of ether oxygens (including phenoxy) is 1. The number of aliphatic hydroxyl groups excluding tert-OH is 1. The van der Waals surface area contributed by atoms with Gasteiger partial charge in [-0.05, 0) is 6.92 Å². The molecule has 19 heavy (non-hydrogen) atoms. The standard InChI is InChI=1S/C11H15N3O5/c1-4(7-6(5(2)15)10(17)13-7)9(16)8(14-12)11(18)19-3/h4-7,15H,1-3H3,(H,13,17)/t4-,5-,6-,7-/m1/s1. The minimum atomic E-state index is -1.06. The molecule has 0 radical (unpaired) electrons. The number of nitrogens with zero attached hydrogens (tertiary/aromatic N) is 2. The summed E-state index contributed by atoms with van der Waals surface area (Å²) in [5, 5.41) is 11.9. The van der Waals surface area contributed by atoms with Crippen LogP contribution in [-0.2, 0) is 19.1 Å². The summed E-state index contributed by atoms with van der Waals surface area (Å²) in [6, 6.07) is -0.610. The van der Waals surface area contributed by atoms with Crippen molar-refractivity contribution in [1.82, 2.24) is 5.32 Å². The lowest BCUT2D eigenvalue weighted by Gasteiger charge is -2.40. The van der Waals surface area contributed by atoms with E-state index in [1.807, 2.05) is 0 Å². The number of carbonyl (C=O) groups excluding carboxylic acids is 3. The van der Waals surface area contributed by atoms with Gasteiger partial charge in [0.05, 0.1) is 25.2 Å². The van der Waals surface area contributed by atoms with E-state index in [0.29, 0.717) is 0 Å². The molecule has 0 aromatic heterocycles. The third-order valence-electron chi connectivity index (χ3n) is 3.18. The SMILES string of the molecule is COC(=O)C(=[N+]=[N-])C(=O)[C@H](C)[C@H]1NC(=O)[C@@H]1[C@@H](C)O. The second-order valence-corrected chi connectivity index (χ2v) is 4.39. The van der Waals surface area contributed by atoms with Gasteiger partial charge >= 0.3 is 11.7 Å². The highest BCUT2D eigenvalue weighted by molar-refractivity contribution is 6.62. The molecule has 0 spiro atoms. The van der Waals surface area contributed by atoms with E-state index in [9.17, 15) is 19.5 Å². The third-order valence-corrected chi connectivity index (χ3v) is 3.18. The summed E-state index contributed by atoms with van der Waals surface area (Å²) in [6.45, 7) is 2.91. The quantitative estimate of drug-likeness (QED) is 0.157. The van der Waals surface area contributed by atoms with Gasteiger partial charge in [-0.3, -0.25) is 9.59 Å². The molecule has 1 aliphatic heterocycles. The van der Waals surface area contributed by atoms with E-state index in [2.05, 4.69) is 14.8 Å². The van der Waals surface area contributed by atoms with Gasteiger partial charge in [-0.15, -0.1) is 0 Å². The average Bonchev–Trinajstić information content (AvgIpc) is 2.34. The first-order valence-corrected chi connectivity index (χ1v) is 5.68. The largest absolute Gasteiger partial charge is 0.460 e. The van der Waals surface area contributed by atoms with Crippen molar-refractivity contribution in [1.29, 1.82) is 0 Å². The third kappa shape index (κ3) is 2.69. The van der Waals surface area contributed by atoms with Crippen LogP contribution < -0.4 is 5.32 Å². The van der Waals surface area contributed by atoms with E-state index >= 15 is 0 Å². The number of carbonyl (C=O) groups is 3. The molecule has 0 aromatic rings. The molecule has 8 heteroatoms. The number of nitrogens with one attached hydrogen (secondary N) is 1. The fourth-order valence-electron chi connectivity index (χ4n) is 2.04. The fraction of sp³-hybridized carbons (Fsp3) is 0.636. The number of methoxy groups -OCH3 is 1. The van der Waals surface area contributed by atoms with E-state index in [1.54, 1.807) is 0 Å². The topological polar surface area (TPSA) is 129 Å². The van der Waals surface area contributed by atoms with Gasteiger partial charge in [-0.25, -0.2) is 4.79 Å². The van der Waals surface area contributed by atoms with Crippen LogP contribution >= 0.6 is 0 Å². The second-order valence-electron chi connectivity index (χ2n) is 4.39. The molecule has 0 saturated carbocycles. The lowest BCUT2D eigenvalue weighted by atomic mass is 9.76. The van der Waals surface area contributed by atoms with Crippen molar-refractivity contribution in [3.05, 3.63) is 5.53 Å². The van der Waals surface area contributed by atoms with E-state index in [1.165, 1.54) is 13.8 Å². The minimum absolute atomic E-state index is 0.361. The zero-order valence-corrected chi connectivity index (χ0v) is 10.8. The lowest BCUT2D eigenvalue weighted by Crippen LogP contribution is -2.66. The van der Waals surface area contributed by atoms with Crippen LogP contribution in [0.1, 0.15) is 13.8 Å². The zero-order valence-electron chi connectivity index (χ0n) is 10.8. The molecule has 1 saturated heterocycles. The Labute approximate surface area is 109 Å². The van der Waals surface area contributed by atoms with Gasteiger partial charge in [-0.1, -0.05) is 6.92 Å². The van der Waals surface area contributed by atoms with Crippen LogP contribution in [0.2, 0.25) is 0 Å². The molecule has 1 aliphatic rings. The molecule has 0 aliphatic carbocycles. The minimum Gasteiger partial charge on any atom is -0.460 e. The maximum absolute atomic E-state index is 12.0. The van der Waals surface area contributed by atoms with Crippen molar-refractivity contribution in [3.63, 3.8) is 0 Å². The van der Waals surface area contributed by atoms with Crippen LogP contribution in [0.25, 0.3) is 5.53 Å². The first kappa shape index (κ1) is 15.0. The Hall–Kier alpha value is -2.05. The molecular weight excluding hydrogens is 254 g/mol. The number of hydrogen-bond donors (Lipinski definition) is 2. The van der Waals surface area contributed by atoms with Gasteiger partial charge in [0.25, 0.3) is 5.78 Å². The van der Waals surface area contributed by atoms with Crippen LogP contribution in [0.3, 0.4) is 0 Å². The molecular formula is C11H15N3O5. The Balaban J connectivity index is 2.87. The highest BCUT2D eigenvalue weighted by atomic mass is 16.5. The average molecular weight is 269 g/mol. The molecule has 104 valence electrons. The van der Waals surface area contributed by atoms with Crippen LogP contribution in [0.5, 0.6) is 0 Å². The van der Waals surface area contributed by atoms with Gasteiger partial charge in [0.1, 0.15) is 0 Å². The van der Waals surface area contributed by atoms with E-state index in [-0.39, 0.29) is 5.91 Å². The molecule has 0 bridgehead atoms. The number of esters is 1. The van der Waals surface area contributed by atoms with Crippen LogP contribution in [-0.4, -0.2) is 52.5 Å². The predicted octanol–water partition coefficient (Wildman–Crippen LogP) is -1.47. The van der Waals surface area contributed by atoms with Gasteiger partial charge < -0.3 is 20.7 Å². The summed E-state index contributed by atoms with van der Waals surface area (Å²) in [5.41, 5.74) is 7.94. The number of Topliss-reactive ketones (excluding diaryl/α,β-unsaturated/α-hetero) is 1. The smallest absolute Gasteiger partial charge is 0.441 e. The monoisotopic (exact) mass is 269 g/mol. The van der Waals surface area contributed by atoms with E-state index < -0.39 is 41.4 Å². The molecule has 4 atom stereocenters. The number of β-lactam (4-membered cyclic amide) rings is 1. The molecule has 1 heterocycles. The Kier molecular flexibility index (Phi) is 4.52. The van der Waals surface area contributed by atoms with E-state index in [4.69, 9.17) is 5.53 Å². The number of hydrogen-bond acceptors (Lipinski definition) is 5. The molecule has 2 N–H and O–H groups in total. The van der Waals surface area contributed by atoms with Crippen molar-refractivity contribution >= 4 is 23.4 Å². The highest BCUT2D eigenvalue weighted by Crippen LogP contribution is 2.26. The van der Waals surface area contributed by atoms with Crippen molar-refractivity contribution in [2.75, 3.05) is 7.11 Å². The van der Waals surface area contributed by atoms with Gasteiger partial charge in [0.15, 0.2) is 0 Å². The van der Waals surface area contributed by atoms with E-state index in [0.717, 1.165) is 7.11 Å². The molecule has 1 fully saturated rings. The normalized spacial score (nSPS) is 24.3. The molecule has 0 unspecified atom stereocenters. The predicted molar refractivity (Wildman–Crippen MR) is 61.9 cm³/mol. The molecule has 0 aromatic carbocycles. The van der Waals surface area contributed by atoms with Gasteiger partial charge in [0, 0.05) is 5.92 Å². The summed E-state index contributed by atoms with van der Waals surface area (Å²) in [4.78, 5) is 37.1. The first-order valence-electron chi connectivity index (χ1n) is 5.68. The summed E-state index contributed by atoms with van der Waals surface area (Å²) in [7, 11) is 1.05. The molecule has 8 nitrogen and oxygen atoms in total. The maximum Gasteiger partial charge on any atom is 0.441 e. The Morgan fingerprint density at radius 2 is 2.05 bits per heavy atom. The maximum atomic E-state index is 12.0. The van der Waals surface area contributed by atoms with Crippen molar-refractivity contribution in [2.45, 2.75) is 26.0 Å². The first-order chi connectivity index (χ1) is 8.84. The van der Waals surface area contributed by atoms with Crippen molar-refractivity contribution < 1.29 is 29.0 Å². The fourth-order valence-corrected chi connectivity index (χ4v) is 2.04. The number of amides is 1. The Bertz CT molecular complexity index is 467. The van der Waals surface area contributed by atoms with Gasteiger partial charge in [0.2, 0.25) is 5.91 Å². The number of ketones is 1. The Morgan fingerprint density at radius 3 is 2.42 bits per heavy atom. The van der Waals surface area contributed by atoms with Gasteiger partial charge in [-0.2, -0.15) is 4.79 Å². The van der Waals surface area contributed by atoms with Crippen molar-refractivity contribution in [3.8, 4) is 0 Å². The second kappa shape index (κ2) is 5.73. The van der Waals surface area contributed by atoms with Crippen LogP contribution in [0, 0.1) is 11.8 Å². The highest BCUT2D eigenvalue weighted by Gasteiger charge is 2.50. The van der Waals surface area contributed by atoms with Crippen molar-refractivity contribution in [2.24, 2.45) is 11.8 Å². The summed E-state index contributed by atoms with van der Waals surface area (Å²) < 4.78 is 4.31. The molecule has 1 rings (SSSR count). The lowest BCUT2D eigenvalue weighted by molar-refractivity contribution is -0.145. The van der Waals surface area contributed by atoms with Crippen LogP contribution in [0.4, 0.5) is 0 Å². The zero-order chi connectivity index (χ0) is 14.7. The summed E-state index contributed by atoms with van der Waals surface area (Å²) >= 11 is 0. The molecule has 1 amide bonds. The Morgan fingerprint density at radius 1 is 1.47 bits per heavy atom. The number of rotatable bonds is 5. The number of aliphatic hydroxyl groups is 1. The summed E-state index contributed by atoms with van der Waals surface area (Å²) in [5.74, 6) is -3.72. The van der Waals surface area contributed by atoms with Crippen LogP contribution in [0.15, 0.2) is 0 Å². The summed E-state index contributed by atoms with van der Waals surface area (Å²) in [6.07, 6.45) is -0.915.